The van der Waals surface area contributed by atoms with E-state index in [-0.39, 0.29) is 10.4 Å². The van der Waals surface area contributed by atoms with Gasteiger partial charge in [-0.25, -0.2) is 4.39 Å². The normalized spacial score (nSPS) is 18.9. The molecule has 0 unspecified atom stereocenters. The molecule has 0 aliphatic heterocycles. The quantitative estimate of drug-likeness (QED) is 0.599. The van der Waals surface area contributed by atoms with E-state index in [0.29, 0.717) is 12.4 Å². The van der Waals surface area contributed by atoms with E-state index in [9.17, 15) is 4.39 Å². The lowest BCUT2D eigenvalue weighted by atomic mass is 9.83. The molecular formula is C15H20ClFOS. The monoisotopic (exact) mass is 302 g/mol. The first-order valence-electron chi connectivity index (χ1n) is 6.84. The topological polar surface area (TPSA) is 9.23 Å². The SMILES string of the molecule is Fc1ccc(OCC2(CS)CCCCCC2)cc1Cl. The Kier molecular flexibility index (Phi) is 5.40. The highest BCUT2D eigenvalue weighted by Crippen LogP contribution is 2.37. The summed E-state index contributed by atoms with van der Waals surface area (Å²) in [7, 11) is 0. The summed E-state index contributed by atoms with van der Waals surface area (Å²) in [6.07, 6.45) is 7.41. The third kappa shape index (κ3) is 4.03. The molecule has 0 amide bonds. The molecule has 1 nitrogen and oxygen atoms in total. The Morgan fingerprint density at radius 2 is 1.89 bits per heavy atom. The highest BCUT2D eigenvalue weighted by Gasteiger charge is 2.30. The third-order valence-electron chi connectivity index (χ3n) is 3.94. The van der Waals surface area contributed by atoms with Crippen molar-refractivity contribution in [3.05, 3.63) is 29.0 Å². The first kappa shape index (κ1) is 15.0. The number of hydrogen-bond acceptors (Lipinski definition) is 2. The van der Waals surface area contributed by atoms with Gasteiger partial charge in [0.1, 0.15) is 11.6 Å². The van der Waals surface area contributed by atoms with Crippen molar-refractivity contribution in [2.24, 2.45) is 5.41 Å². The third-order valence-corrected chi connectivity index (χ3v) is 4.90. The van der Waals surface area contributed by atoms with E-state index < -0.39 is 5.82 Å². The molecule has 19 heavy (non-hydrogen) atoms. The van der Waals surface area contributed by atoms with Gasteiger partial charge in [0.05, 0.1) is 11.6 Å². The second kappa shape index (κ2) is 6.85. The highest BCUT2D eigenvalue weighted by atomic mass is 35.5. The average molecular weight is 303 g/mol. The molecule has 1 saturated carbocycles. The van der Waals surface area contributed by atoms with Gasteiger partial charge in [0, 0.05) is 11.5 Å². The molecule has 0 bridgehead atoms. The number of thiol groups is 1. The molecule has 1 fully saturated rings. The molecule has 0 radical (unpaired) electrons. The summed E-state index contributed by atoms with van der Waals surface area (Å²) in [6.45, 7) is 0.637. The first-order chi connectivity index (χ1) is 9.15. The van der Waals surface area contributed by atoms with Crippen molar-refractivity contribution in [1.29, 1.82) is 0 Å². The van der Waals surface area contributed by atoms with Gasteiger partial charge < -0.3 is 4.74 Å². The van der Waals surface area contributed by atoms with Crippen LogP contribution in [0, 0.1) is 11.2 Å². The Balaban J connectivity index is 2.00. The summed E-state index contributed by atoms with van der Waals surface area (Å²) in [5, 5.41) is 0.110. The maximum atomic E-state index is 13.1. The molecule has 2 rings (SSSR count). The minimum absolute atomic E-state index is 0.110. The lowest BCUT2D eigenvalue weighted by Gasteiger charge is -2.31. The largest absolute Gasteiger partial charge is 0.493 e. The van der Waals surface area contributed by atoms with Crippen LogP contribution in [0.15, 0.2) is 18.2 Å². The Morgan fingerprint density at radius 1 is 1.21 bits per heavy atom. The van der Waals surface area contributed by atoms with Crippen LogP contribution in [-0.4, -0.2) is 12.4 Å². The maximum Gasteiger partial charge on any atom is 0.142 e. The van der Waals surface area contributed by atoms with E-state index in [1.807, 2.05) is 0 Å². The predicted octanol–water partition coefficient (Wildman–Crippen LogP) is 5.13. The molecular weight excluding hydrogens is 283 g/mol. The molecule has 0 spiro atoms. The molecule has 1 aliphatic carbocycles. The van der Waals surface area contributed by atoms with Crippen LogP contribution in [0.1, 0.15) is 38.5 Å². The average Bonchev–Trinajstić information content (AvgIpc) is 2.66. The Morgan fingerprint density at radius 3 is 2.47 bits per heavy atom. The zero-order valence-electron chi connectivity index (χ0n) is 11.0. The van der Waals surface area contributed by atoms with Crippen LogP contribution in [-0.2, 0) is 0 Å². The lowest BCUT2D eigenvalue weighted by Crippen LogP contribution is -2.30. The van der Waals surface area contributed by atoms with E-state index in [1.165, 1.54) is 31.7 Å². The lowest BCUT2D eigenvalue weighted by molar-refractivity contribution is 0.148. The fraction of sp³-hybridized carbons (Fsp3) is 0.600. The van der Waals surface area contributed by atoms with Crippen LogP contribution in [0.25, 0.3) is 0 Å². The number of benzene rings is 1. The number of rotatable bonds is 4. The molecule has 106 valence electrons. The van der Waals surface area contributed by atoms with Gasteiger partial charge in [-0.1, -0.05) is 37.3 Å². The summed E-state index contributed by atoms with van der Waals surface area (Å²) in [4.78, 5) is 0. The summed E-state index contributed by atoms with van der Waals surface area (Å²) >= 11 is 10.3. The molecule has 0 saturated heterocycles. The van der Waals surface area contributed by atoms with E-state index in [0.717, 1.165) is 18.6 Å². The number of hydrogen-bond donors (Lipinski definition) is 1. The summed E-state index contributed by atoms with van der Waals surface area (Å²) in [5.74, 6) is 1.06. The van der Waals surface area contributed by atoms with Crippen molar-refractivity contribution in [3.63, 3.8) is 0 Å². The Hall–Kier alpha value is -0.410. The molecule has 1 aromatic rings. The summed E-state index contributed by atoms with van der Waals surface area (Å²) in [6, 6.07) is 4.52. The molecule has 1 aromatic carbocycles. The Labute approximate surface area is 124 Å². The standard InChI is InChI=1S/C15H20ClFOS/c16-13-9-12(5-6-14(13)17)18-10-15(11-19)7-3-1-2-4-8-15/h5-6,9,19H,1-4,7-8,10-11H2. The van der Waals surface area contributed by atoms with Crippen LogP contribution >= 0.6 is 24.2 Å². The molecule has 1 aliphatic rings. The molecule has 4 heteroatoms. The molecule has 0 N–H and O–H groups in total. The van der Waals surface area contributed by atoms with E-state index >= 15 is 0 Å². The van der Waals surface area contributed by atoms with Crippen molar-refractivity contribution in [2.45, 2.75) is 38.5 Å². The van der Waals surface area contributed by atoms with Gasteiger partial charge in [-0.3, -0.25) is 0 Å². The van der Waals surface area contributed by atoms with Crippen LogP contribution in [0.2, 0.25) is 5.02 Å². The van der Waals surface area contributed by atoms with E-state index in [1.54, 1.807) is 12.1 Å². The van der Waals surface area contributed by atoms with Gasteiger partial charge in [-0.05, 0) is 30.7 Å². The van der Waals surface area contributed by atoms with Gasteiger partial charge in [0.15, 0.2) is 0 Å². The minimum atomic E-state index is -0.410. The fourth-order valence-corrected chi connectivity index (χ4v) is 3.21. The summed E-state index contributed by atoms with van der Waals surface area (Å²) in [5.41, 5.74) is 0.153. The van der Waals surface area contributed by atoms with Gasteiger partial charge in [-0.15, -0.1) is 0 Å². The fourth-order valence-electron chi connectivity index (χ4n) is 2.63. The van der Waals surface area contributed by atoms with Gasteiger partial charge in [0.25, 0.3) is 0 Å². The van der Waals surface area contributed by atoms with Gasteiger partial charge >= 0.3 is 0 Å². The number of ether oxygens (including phenoxy) is 1. The van der Waals surface area contributed by atoms with E-state index in [2.05, 4.69) is 12.6 Å². The zero-order valence-corrected chi connectivity index (χ0v) is 12.7. The van der Waals surface area contributed by atoms with Gasteiger partial charge in [0.2, 0.25) is 0 Å². The second-order valence-electron chi connectivity index (χ2n) is 5.44. The van der Waals surface area contributed by atoms with Crippen LogP contribution in [0.5, 0.6) is 5.75 Å². The highest BCUT2D eigenvalue weighted by molar-refractivity contribution is 7.80. The smallest absolute Gasteiger partial charge is 0.142 e. The van der Waals surface area contributed by atoms with Crippen molar-refractivity contribution in [2.75, 3.05) is 12.4 Å². The molecule has 0 atom stereocenters. The van der Waals surface area contributed by atoms with Crippen molar-refractivity contribution in [1.82, 2.24) is 0 Å². The first-order valence-corrected chi connectivity index (χ1v) is 7.85. The zero-order chi connectivity index (χ0) is 13.7. The predicted molar refractivity (Wildman–Crippen MR) is 80.9 cm³/mol. The van der Waals surface area contributed by atoms with Crippen LogP contribution < -0.4 is 4.74 Å². The Bertz CT molecular complexity index is 417. The minimum Gasteiger partial charge on any atom is -0.493 e. The van der Waals surface area contributed by atoms with Crippen molar-refractivity contribution < 1.29 is 9.13 Å². The van der Waals surface area contributed by atoms with Crippen LogP contribution in [0.4, 0.5) is 4.39 Å². The van der Waals surface area contributed by atoms with Crippen molar-refractivity contribution in [3.8, 4) is 5.75 Å². The van der Waals surface area contributed by atoms with E-state index in [4.69, 9.17) is 16.3 Å². The molecule has 0 heterocycles. The second-order valence-corrected chi connectivity index (χ2v) is 6.16. The molecule has 0 aromatic heterocycles. The van der Waals surface area contributed by atoms with Crippen LogP contribution in [0.3, 0.4) is 0 Å². The van der Waals surface area contributed by atoms with Gasteiger partial charge in [-0.2, -0.15) is 12.6 Å². The number of halogens is 2. The summed E-state index contributed by atoms with van der Waals surface area (Å²) < 4.78 is 18.9. The van der Waals surface area contributed by atoms with Crippen molar-refractivity contribution >= 4 is 24.2 Å². The maximum absolute atomic E-state index is 13.1.